The summed E-state index contributed by atoms with van der Waals surface area (Å²) in [6.45, 7) is 1.30. The number of amides is 1. The number of hydrogen-bond acceptors (Lipinski definition) is 6. The number of piperidine rings is 1. The van der Waals surface area contributed by atoms with Crippen LogP contribution >= 0.6 is 23.2 Å². The highest BCUT2D eigenvalue weighted by Crippen LogP contribution is 2.47. The van der Waals surface area contributed by atoms with Crippen LogP contribution in [0.25, 0.3) is 11.3 Å². The van der Waals surface area contributed by atoms with Crippen LogP contribution in [0, 0.1) is 5.92 Å². The Morgan fingerprint density at radius 1 is 1.11 bits per heavy atom. The molecule has 0 spiro atoms. The number of fused-ring (bicyclic) bond motifs is 2. The number of carboxylic acids is 1. The molecule has 2 N–H and O–H groups in total. The average molecular weight is 556 g/mol. The number of hydrogen-bond donors (Lipinski definition) is 2. The van der Waals surface area contributed by atoms with E-state index in [1.54, 1.807) is 12.1 Å². The number of carbonyl (C=O) groups is 2. The number of halogens is 2. The predicted octanol–water partition coefficient (Wildman–Crippen LogP) is 6.12. The lowest BCUT2D eigenvalue weighted by atomic mass is 10.0. The highest BCUT2D eigenvalue weighted by atomic mass is 35.5. The van der Waals surface area contributed by atoms with Crippen LogP contribution in [-0.2, 0) is 20.9 Å². The van der Waals surface area contributed by atoms with E-state index in [0.29, 0.717) is 51.5 Å². The minimum atomic E-state index is -1.15. The fourth-order valence-electron chi connectivity index (χ4n) is 5.74. The van der Waals surface area contributed by atoms with Crippen LogP contribution < -0.4 is 10.2 Å². The van der Waals surface area contributed by atoms with Gasteiger partial charge in [0.2, 0.25) is 5.91 Å². The van der Waals surface area contributed by atoms with Crippen LogP contribution in [0.5, 0.6) is 0 Å². The van der Waals surface area contributed by atoms with E-state index in [0.717, 1.165) is 49.2 Å². The van der Waals surface area contributed by atoms with E-state index in [1.807, 2.05) is 30.3 Å². The van der Waals surface area contributed by atoms with Gasteiger partial charge < -0.3 is 24.6 Å². The molecule has 10 heteroatoms. The Kier molecular flexibility index (Phi) is 6.80. The molecule has 6 rings (SSSR count). The summed E-state index contributed by atoms with van der Waals surface area (Å²) in [6, 6.07) is 13.3. The Balaban J connectivity index is 1.11. The zero-order valence-electron chi connectivity index (χ0n) is 20.5. The quantitative estimate of drug-likeness (QED) is 0.306. The molecule has 1 amide bonds. The first-order valence-electron chi connectivity index (χ1n) is 12.8. The molecule has 198 valence electrons. The summed E-state index contributed by atoms with van der Waals surface area (Å²) in [7, 11) is 0. The van der Waals surface area contributed by atoms with Gasteiger partial charge in [-0.2, -0.15) is 0 Å². The zero-order chi connectivity index (χ0) is 26.4. The van der Waals surface area contributed by atoms with Gasteiger partial charge in [-0.1, -0.05) is 34.4 Å². The third-order valence-corrected chi connectivity index (χ3v) is 8.31. The van der Waals surface area contributed by atoms with Crippen molar-refractivity contribution in [1.29, 1.82) is 0 Å². The molecule has 38 heavy (non-hydrogen) atoms. The lowest BCUT2D eigenvalue weighted by molar-refractivity contribution is -0.139. The van der Waals surface area contributed by atoms with E-state index < -0.39 is 18.3 Å². The van der Waals surface area contributed by atoms with Crippen LogP contribution in [0.15, 0.2) is 47.0 Å². The normalized spacial score (nSPS) is 22.2. The maximum absolute atomic E-state index is 11.7. The fourth-order valence-corrected chi connectivity index (χ4v) is 6.32. The highest BCUT2D eigenvalue weighted by Gasteiger charge is 2.45. The molecule has 0 radical (unpaired) electrons. The summed E-state index contributed by atoms with van der Waals surface area (Å²) in [4.78, 5) is 24.8. The smallest absolute Gasteiger partial charge is 0.312 e. The Morgan fingerprint density at radius 2 is 1.84 bits per heavy atom. The van der Waals surface area contributed by atoms with E-state index in [1.165, 1.54) is 0 Å². The number of nitrogens with one attached hydrogen (secondary N) is 1. The van der Waals surface area contributed by atoms with Gasteiger partial charge >= 0.3 is 5.97 Å². The first-order valence-corrected chi connectivity index (χ1v) is 13.6. The van der Waals surface area contributed by atoms with Gasteiger partial charge in [0.25, 0.3) is 0 Å². The van der Waals surface area contributed by atoms with Crippen molar-refractivity contribution in [3.05, 3.63) is 63.8 Å². The Morgan fingerprint density at radius 3 is 2.47 bits per heavy atom. The molecule has 2 bridgehead atoms. The lowest BCUT2D eigenvalue weighted by Gasteiger charge is -2.33. The van der Waals surface area contributed by atoms with Crippen molar-refractivity contribution in [3.8, 4) is 11.3 Å². The number of carboxylic acid groups (broad SMARTS) is 1. The van der Waals surface area contributed by atoms with Crippen molar-refractivity contribution in [2.75, 3.05) is 16.8 Å². The number of carbonyl (C=O) groups excluding carboxylic acids is 1. The number of ether oxygens (including phenoxy) is 1. The standard InChI is InChI=1S/C28H27Cl2N3O5/c29-21-2-1-3-22(30)26(21)27-20(28(38-32-27)15-4-5-15)14-37-23-11-19-10-16(23)13-33(19)18-8-6-17(7-9-18)31-24(34)12-25(35)36/h1-3,6-9,15-16,19,23H,4-5,10-14H2,(H,31,34)(H,35,36)/t16-,19-,23+/m0/s1. The Labute approximate surface area is 229 Å². The minimum absolute atomic E-state index is 0.141. The van der Waals surface area contributed by atoms with Crippen LogP contribution in [0.4, 0.5) is 11.4 Å². The lowest BCUT2D eigenvalue weighted by Crippen LogP contribution is -2.38. The van der Waals surface area contributed by atoms with Crippen molar-refractivity contribution < 1.29 is 24.0 Å². The molecule has 3 fully saturated rings. The molecule has 1 aliphatic heterocycles. The molecular weight excluding hydrogens is 529 g/mol. The van der Waals surface area contributed by atoms with E-state index in [2.05, 4.69) is 15.4 Å². The Bertz CT molecular complexity index is 1350. The highest BCUT2D eigenvalue weighted by molar-refractivity contribution is 6.39. The first-order chi connectivity index (χ1) is 18.4. The van der Waals surface area contributed by atoms with Crippen molar-refractivity contribution in [1.82, 2.24) is 5.16 Å². The summed E-state index contributed by atoms with van der Waals surface area (Å²) in [5.74, 6) is -0.0184. The van der Waals surface area contributed by atoms with Crippen molar-refractivity contribution >= 4 is 46.5 Å². The average Bonchev–Trinajstić information content (AvgIpc) is 3.33. The Hall–Kier alpha value is -3.07. The van der Waals surface area contributed by atoms with Gasteiger partial charge in [-0.3, -0.25) is 9.59 Å². The molecule has 1 aromatic heterocycles. The predicted molar refractivity (Wildman–Crippen MR) is 144 cm³/mol. The van der Waals surface area contributed by atoms with Gasteiger partial charge in [0.1, 0.15) is 17.9 Å². The van der Waals surface area contributed by atoms with Crippen LogP contribution in [0.2, 0.25) is 10.0 Å². The van der Waals surface area contributed by atoms with Crippen LogP contribution in [0.1, 0.15) is 49.3 Å². The number of rotatable bonds is 9. The zero-order valence-corrected chi connectivity index (χ0v) is 22.0. The van der Waals surface area contributed by atoms with E-state index in [9.17, 15) is 9.59 Å². The molecular formula is C28H27Cl2N3O5. The third kappa shape index (κ3) is 5.00. The number of aromatic nitrogens is 1. The molecule has 2 aromatic carbocycles. The molecule has 0 unspecified atom stereocenters. The van der Waals surface area contributed by atoms with Gasteiger partial charge in [0.05, 0.1) is 22.8 Å². The topological polar surface area (TPSA) is 105 Å². The van der Waals surface area contributed by atoms with Crippen molar-refractivity contribution in [3.63, 3.8) is 0 Å². The minimum Gasteiger partial charge on any atom is -0.481 e. The van der Waals surface area contributed by atoms with Gasteiger partial charge in [-0.05, 0) is 62.1 Å². The maximum atomic E-state index is 11.7. The largest absolute Gasteiger partial charge is 0.481 e. The SMILES string of the molecule is O=C(O)CC(=O)Nc1ccc(N2C[C@@H]3C[C@H]2C[C@H]3OCc2c(-c3c(Cl)cccc3Cl)noc2C2CC2)cc1. The summed E-state index contributed by atoms with van der Waals surface area (Å²) in [6.07, 6.45) is 3.75. The van der Waals surface area contributed by atoms with Crippen molar-refractivity contribution in [2.45, 2.75) is 56.8 Å². The summed E-state index contributed by atoms with van der Waals surface area (Å²) in [5.41, 5.74) is 3.97. The number of nitrogens with zero attached hydrogens (tertiary/aromatic N) is 2. The monoisotopic (exact) mass is 555 g/mol. The van der Waals surface area contributed by atoms with E-state index >= 15 is 0 Å². The summed E-state index contributed by atoms with van der Waals surface area (Å²) >= 11 is 13.0. The van der Waals surface area contributed by atoms with Gasteiger partial charge in [0.15, 0.2) is 0 Å². The van der Waals surface area contributed by atoms with Gasteiger partial charge in [-0.25, -0.2) is 0 Å². The molecule has 3 aliphatic rings. The summed E-state index contributed by atoms with van der Waals surface area (Å²) < 4.78 is 12.3. The number of anilines is 2. The van der Waals surface area contributed by atoms with E-state index in [-0.39, 0.29) is 6.10 Å². The second-order valence-electron chi connectivity index (χ2n) is 10.3. The summed E-state index contributed by atoms with van der Waals surface area (Å²) in [5, 5.41) is 16.8. The van der Waals surface area contributed by atoms with Crippen molar-refractivity contribution in [2.24, 2.45) is 5.92 Å². The van der Waals surface area contributed by atoms with Gasteiger partial charge in [0, 0.05) is 46.9 Å². The molecule has 2 saturated carbocycles. The second kappa shape index (κ2) is 10.2. The molecule has 1 saturated heterocycles. The maximum Gasteiger partial charge on any atom is 0.312 e. The van der Waals surface area contributed by atoms with Crippen LogP contribution in [-0.4, -0.2) is 40.8 Å². The van der Waals surface area contributed by atoms with E-state index in [4.69, 9.17) is 37.6 Å². The number of aliphatic carboxylic acids is 1. The fraction of sp³-hybridized carbons (Fsp3) is 0.393. The second-order valence-corrected chi connectivity index (χ2v) is 11.1. The first kappa shape index (κ1) is 25.2. The van der Waals surface area contributed by atoms with Crippen LogP contribution in [0.3, 0.4) is 0 Å². The molecule has 2 aliphatic carbocycles. The van der Waals surface area contributed by atoms with Gasteiger partial charge in [-0.15, -0.1) is 0 Å². The third-order valence-electron chi connectivity index (χ3n) is 7.68. The number of benzene rings is 2. The molecule has 8 nitrogen and oxygen atoms in total. The molecule has 2 heterocycles. The molecule has 3 aromatic rings. The molecule has 3 atom stereocenters.